The number of esters is 1. The first-order chi connectivity index (χ1) is 17.7. The molecule has 0 heterocycles. The Balaban J connectivity index is 0.00000353. The molecule has 0 bridgehead atoms. The van der Waals surface area contributed by atoms with Gasteiger partial charge in [0.25, 0.3) is 0 Å². The van der Waals surface area contributed by atoms with Crippen molar-refractivity contribution in [3.8, 4) is 0 Å². The Labute approximate surface area is 260 Å². The van der Waals surface area contributed by atoms with Crippen LogP contribution >= 0.6 is 0 Å². The zero-order chi connectivity index (χ0) is 27.7. The molecule has 214 valence electrons. The fraction of sp³-hybridized carbons (Fsp3) is 0.882. The number of carbonyl (C=O) groups excluding carboxylic acids is 2. The number of fused-ring (bicyclic) bond motifs is 2. The fourth-order valence-electron chi connectivity index (χ4n) is 11.4. The van der Waals surface area contributed by atoms with Gasteiger partial charge in [-0.1, -0.05) is 67.7 Å². The van der Waals surface area contributed by atoms with Gasteiger partial charge < -0.3 is 14.6 Å². The van der Waals surface area contributed by atoms with Crippen LogP contribution in [-0.4, -0.2) is 11.9 Å². The Hall–Kier alpha value is -0.320. The van der Waals surface area contributed by atoms with E-state index in [2.05, 4.69) is 54.5 Å². The molecule has 0 saturated heterocycles. The molecule has 5 aliphatic rings. The van der Waals surface area contributed by atoms with Gasteiger partial charge >= 0.3 is 35.5 Å². The van der Waals surface area contributed by atoms with Gasteiger partial charge in [-0.2, -0.15) is 0 Å². The quantitative estimate of drug-likeness (QED) is 0.315. The van der Waals surface area contributed by atoms with Gasteiger partial charge in [0, 0.05) is 11.4 Å². The Morgan fingerprint density at radius 3 is 2.31 bits per heavy atom. The van der Waals surface area contributed by atoms with E-state index in [0.29, 0.717) is 22.7 Å². The first-order valence-corrected chi connectivity index (χ1v) is 15.8. The molecule has 4 nitrogen and oxygen atoms in total. The molecule has 8 atom stereocenters. The van der Waals surface area contributed by atoms with Crippen LogP contribution in [0.15, 0.2) is 11.8 Å². The molecule has 39 heavy (non-hydrogen) atoms. The molecule has 5 heteroatoms. The van der Waals surface area contributed by atoms with Crippen LogP contribution in [0.3, 0.4) is 0 Å². The van der Waals surface area contributed by atoms with Crippen molar-refractivity contribution in [3.63, 3.8) is 0 Å². The van der Waals surface area contributed by atoms with Gasteiger partial charge in [-0.25, -0.2) is 0 Å². The van der Waals surface area contributed by atoms with Crippen molar-refractivity contribution in [1.82, 2.24) is 0 Å². The van der Waals surface area contributed by atoms with Crippen LogP contribution in [-0.2, 0) is 14.3 Å². The maximum absolute atomic E-state index is 12.8. The van der Waals surface area contributed by atoms with Crippen LogP contribution in [0.5, 0.6) is 0 Å². The standard InChI is InChI=1S/C34H54O4.Na/c1-22(2)9-8-10-23(3)24-15-18-32(7)26-12-11-25-30(4,5)17-16-27(38-29(37)14-13-28(35)36)34(25)21-33(26,34)20-19-31(24,32)6;/h16,22-26H,8-15,17-21H2,1-7H3,(H,35,36);/q;+1/p-1/t23-,24-,25+,26+,31-,32+,33+,34-;/m1./s1. The van der Waals surface area contributed by atoms with Crippen LogP contribution in [0.4, 0.5) is 0 Å². The van der Waals surface area contributed by atoms with E-state index >= 15 is 0 Å². The Kier molecular flexibility index (Phi) is 8.71. The first-order valence-electron chi connectivity index (χ1n) is 15.8. The summed E-state index contributed by atoms with van der Waals surface area (Å²) in [7, 11) is 0. The SMILES string of the molecule is CC(C)CCC[C@@H](C)[C@H]1CC[C@@]2(C)[C@@H]3CC[C@H]4C(C)(C)CC=C(OC(=O)CCC(=O)[O-])[C@@]45C[C@@]35CC[C@]12C.[Na+]. The summed E-state index contributed by atoms with van der Waals surface area (Å²) in [5.41, 5.74) is 1.11. The van der Waals surface area contributed by atoms with Crippen molar-refractivity contribution in [2.24, 2.45) is 56.7 Å². The number of carboxylic acids is 1. The second-order valence-electron chi connectivity index (χ2n) is 15.9. The van der Waals surface area contributed by atoms with Gasteiger partial charge in [-0.15, -0.1) is 0 Å². The van der Waals surface area contributed by atoms with E-state index in [4.69, 9.17) is 4.74 Å². The number of hydrogen-bond acceptors (Lipinski definition) is 4. The third-order valence-corrected chi connectivity index (χ3v) is 13.4. The molecule has 0 aromatic rings. The largest absolute Gasteiger partial charge is 1.00 e. The Bertz CT molecular complexity index is 1000. The summed E-state index contributed by atoms with van der Waals surface area (Å²) < 4.78 is 6.12. The second-order valence-corrected chi connectivity index (χ2v) is 15.9. The van der Waals surface area contributed by atoms with Gasteiger partial charge in [0.05, 0.1) is 6.42 Å². The summed E-state index contributed by atoms with van der Waals surface area (Å²) in [5, 5.41) is 11.0. The van der Waals surface area contributed by atoms with Gasteiger partial charge in [-0.05, 0) is 115 Å². The van der Waals surface area contributed by atoms with Crippen LogP contribution in [0.25, 0.3) is 0 Å². The van der Waals surface area contributed by atoms with Gasteiger partial charge in [0.15, 0.2) is 0 Å². The van der Waals surface area contributed by atoms with E-state index in [1.165, 1.54) is 57.8 Å². The summed E-state index contributed by atoms with van der Waals surface area (Å²) in [6.07, 6.45) is 15.7. The maximum atomic E-state index is 12.8. The van der Waals surface area contributed by atoms with Gasteiger partial charge in [0.2, 0.25) is 0 Å². The van der Waals surface area contributed by atoms with Crippen molar-refractivity contribution >= 4 is 11.9 Å². The van der Waals surface area contributed by atoms with Crippen LogP contribution < -0.4 is 34.7 Å². The minimum absolute atomic E-state index is 0. The molecule has 0 radical (unpaired) electrons. The smallest absolute Gasteiger partial charge is 0.550 e. The van der Waals surface area contributed by atoms with Gasteiger partial charge in [0.1, 0.15) is 5.76 Å². The summed E-state index contributed by atoms with van der Waals surface area (Å²) >= 11 is 0. The summed E-state index contributed by atoms with van der Waals surface area (Å²) in [4.78, 5) is 23.7. The minimum atomic E-state index is -1.19. The molecule has 0 amide bonds. The van der Waals surface area contributed by atoms with Gasteiger partial charge in [-0.3, -0.25) is 4.79 Å². The molecular weight excluding hydrogens is 495 g/mol. The Morgan fingerprint density at radius 2 is 1.64 bits per heavy atom. The molecule has 0 N–H and O–H groups in total. The summed E-state index contributed by atoms with van der Waals surface area (Å²) in [6.45, 7) is 17.4. The first kappa shape index (κ1) is 31.6. The third kappa shape index (κ3) is 4.73. The molecule has 4 fully saturated rings. The third-order valence-electron chi connectivity index (χ3n) is 13.4. The van der Waals surface area contributed by atoms with Crippen molar-refractivity contribution in [2.75, 3.05) is 0 Å². The minimum Gasteiger partial charge on any atom is -0.550 e. The van der Waals surface area contributed by atoms with Crippen molar-refractivity contribution in [3.05, 3.63) is 11.8 Å². The Morgan fingerprint density at radius 1 is 0.949 bits per heavy atom. The number of allylic oxidation sites excluding steroid dienone is 2. The molecule has 0 aliphatic heterocycles. The zero-order valence-corrected chi connectivity index (χ0v) is 28.3. The van der Waals surface area contributed by atoms with E-state index in [1.54, 1.807) is 0 Å². The average molecular weight is 549 g/mol. The number of rotatable bonds is 9. The van der Waals surface area contributed by atoms with E-state index in [1.807, 2.05) is 0 Å². The summed E-state index contributed by atoms with van der Waals surface area (Å²) in [5.74, 6) is 2.90. The number of hydrogen-bond donors (Lipinski definition) is 0. The van der Waals surface area contributed by atoms with Crippen LogP contribution in [0, 0.1) is 56.7 Å². The van der Waals surface area contributed by atoms with Crippen LogP contribution in [0.2, 0.25) is 0 Å². The molecule has 0 aromatic carbocycles. The number of carbonyl (C=O) groups is 2. The second kappa shape index (κ2) is 10.7. The van der Waals surface area contributed by atoms with Crippen LogP contribution in [0.1, 0.15) is 132 Å². The fourth-order valence-corrected chi connectivity index (χ4v) is 11.4. The molecule has 5 rings (SSSR count). The zero-order valence-electron chi connectivity index (χ0n) is 26.3. The monoisotopic (exact) mass is 548 g/mol. The molecule has 2 spiro atoms. The topological polar surface area (TPSA) is 66.4 Å². The van der Waals surface area contributed by atoms with E-state index < -0.39 is 11.9 Å². The van der Waals surface area contributed by atoms with E-state index in [0.717, 1.165) is 36.4 Å². The summed E-state index contributed by atoms with van der Waals surface area (Å²) in [6, 6.07) is 0. The van der Waals surface area contributed by atoms with E-state index in [9.17, 15) is 14.7 Å². The van der Waals surface area contributed by atoms with E-state index in [-0.39, 0.29) is 58.6 Å². The predicted molar refractivity (Wildman–Crippen MR) is 149 cm³/mol. The maximum Gasteiger partial charge on any atom is 1.00 e. The molecule has 0 unspecified atom stereocenters. The molecule has 0 aromatic heterocycles. The number of carboxylic acid groups (broad SMARTS) is 1. The number of ether oxygens (including phenoxy) is 1. The number of aliphatic carboxylic acids is 1. The predicted octanol–water partition coefficient (Wildman–Crippen LogP) is 4.46. The normalized spacial score (nSPS) is 42.2. The molecule has 5 aliphatic carbocycles. The van der Waals surface area contributed by atoms with Crippen molar-refractivity contribution in [2.45, 2.75) is 132 Å². The molecular formula is C34H53NaO4. The van der Waals surface area contributed by atoms with Crippen molar-refractivity contribution < 1.29 is 49.0 Å². The van der Waals surface area contributed by atoms with Crippen molar-refractivity contribution in [1.29, 1.82) is 0 Å². The average Bonchev–Trinajstić information content (AvgIpc) is 3.43. The molecule has 4 saturated carbocycles.